The van der Waals surface area contributed by atoms with Crippen LogP contribution in [0.5, 0.6) is 5.88 Å². The highest BCUT2D eigenvalue weighted by Gasteiger charge is 2.37. The van der Waals surface area contributed by atoms with Crippen molar-refractivity contribution >= 4 is 6.09 Å². The Balaban J connectivity index is 1.78. The molecule has 1 aliphatic heterocycles. The van der Waals surface area contributed by atoms with Gasteiger partial charge in [-0.3, -0.25) is 4.68 Å². The number of amides is 1. The van der Waals surface area contributed by atoms with E-state index in [2.05, 4.69) is 9.97 Å². The summed E-state index contributed by atoms with van der Waals surface area (Å²) in [5, 5.41) is 4.82. The van der Waals surface area contributed by atoms with Gasteiger partial charge in [0.1, 0.15) is 17.6 Å². The summed E-state index contributed by atoms with van der Waals surface area (Å²) in [6.07, 6.45) is 4.20. The molecular weight excluding hydrogens is 370 g/mol. The van der Waals surface area contributed by atoms with Gasteiger partial charge in [-0.25, -0.2) is 14.8 Å². The number of carbonyl (C=O) groups excluding carboxylic acids is 1. The lowest BCUT2D eigenvalue weighted by molar-refractivity contribution is 0.0136. The number of hydrogen-bond acceptors (Lipinski definition) is 6. The van der Waals surface area contributed by atoms with E-state index < -0.39 is 5.60 Å². The van der Waals surface area contributed by atoms with E-state index in [4.69, 9.17) is 14.6 Å². The number of nitrogens with zero attached hydrogens (tertiary/aromatic N) is 5. The minimum absolute atomic E-state index is 0.0254. The van der Waals surface area contributed by atoms with Gasteiger partial charge < -0.3 is 14.4 Å². The van der Waals surface area contributed by atoms with Gasteiger partial charge in [-0.1, -0.05) is 0 Å². The number of aryl methyl sites for hydroxylation is 1. The first-order valence-corrected chi connectivity index (χ1v) is 10.1. The van der Waals surface area contributed by atoms with Crippen molar-refractivity contribution in [1.82, 2.24) is 24.6 Å². The Bertz CT molecular complexity index is 943. The number of hydrogen-bond donors (Lipinski definition) is 0. The van der Waals surface area contributed by atoms with Crippen LogP contribution in [0.4, 0.5) is 4.79 Å². The fourth-order valence-electron chi connectivity index (χ4n) is 3.93. The van der Waals surface area contributed by atoms with Crippen molar-refractivity contribution in [3.8, 4) is 17.1 Å². The molecule has 8 heteroatoms. The molecule has 3 heterocycles. The molecule has 0 bridgehead atoms. The third kappa shape index (κ3) is 3.68. The highest BCUT2D eigenvalue weighted by molar-refractivity contribution is 5.74. The zero-order valence-corrected chi connectivity index (χ0v) is 18.0. The molecule has 156 valence electrons. The number of carbonyl (C=O) groups is 1. The van der Waals surface area contributed by atoms with Crippen LogP contribution in [0.15, 0.2) is 6.33 Å². The molecule has 0 N–H and O–H groups in total. The van der Waals surface area contributed by atoms with Gasteiger partial charge in [0.05, 0.1) is 24.9 Å². The molecule has 1 atom stereocenters. The fraction of sp³-hybridized carbons (Fsp3) is 0.619. The molecule has 2 aliphatic rings. The van der Waals surface area contributed by atoms with Gasteiger partial charge in [0.15, 0.2) is 0 Å². The van der Waals surface area contributed by atoms with Crippen LogP contribution >= 0.6 is 0 Å². The smallest absolute Gasteiger partial charge is 0.410 e. The Hall–Kier alpha value is -2.64. The topological polar surface area (TPSA) is 82.4 Å². The van der Waals surface area contributed by atoms with Gasteiger partial charge in [0.25, 0.3) is 0 Å². The summed E-state index contributed by atoms with van der Waals surface area (Å²) >= 11 is 0. The Morgan fingerprint density at radius 1 is 1.24 bits per heavy atom. The Kier molecular flexibility index (Phi) is 4.75. The molecule has 1 unspecified atom stereocenters. The normalized spacial score (nSPS) is 19.1. The summed E-state index contributed by atoms with van der Waals surface area (Å²) in [4.78, 5) is 23.5. The number of methoxy groups -OCH3 is 1. The van der Waals surface area contributed by atoms with Crippen molar-refractivity contribution in [3.63, 3.8) is 0 Å². The van der Waals surface area contributed by atoms with Gasteiger partial charge in [0, 0.05) is 36.7 Å². The zero-order chi connectivity index (χ0) is 20.9. The average molecular weight is 399 g/mol. The van der Waals surface area contributed by atoms with Crippen LogP contribution in [0.2, 0.25) is 0 Å². The van der Waals surface area contributed by atoms with Gasteiger partial charge in [-0.15, -0.1) is 0 Å². The summed E-state index contributed by atoms with van der Waals surface area (Å²) in [5.41, 5.74) is 4.26. The summed E-state index contributed by atoms with van der Waals surface area (Å²) in [6.45, 7) is 8.13. The fourth-order valence-corrected chi connectivity index (χ4v) is 3.93. The first kappa shape index (κ1) is 19.7. The molecule has 29 heavy (non-hydrogen) atoms. The lowest BCUT2D eigenvalue weighted by atomic mass is 9.96. The average Bonchev–Trinajstić information content (AvgIpc) is 3.44. The van der Waals surface area contributed by atoms with Crippen molar-refractivity contribution in [2.24, 2.45) is 7.05 Å². The Morgan fingerprint density at radius 3 is 2.59 bits per heavy atom. The van der Waals surface area contributed by atoms with E-state index in [-0.39, 0.29) is 12.1 Å². The zero-order valence-electron chi connectivity index (χ0n) is 18.0. The number of aromatic nitrogens is 4. The van der Waals surface area contributed by atoms with Crippen LogP contribution in [0, 0.1) is 0 Å². The second-order valence-corrected chi connectivity index (χ2v) is 8.98. The van der Waals surface area contributed by atoms with Gasteiger partial charge in [-0.05, 0) is 40.5 Å². The van der Waals surface area contributed by atoms with E-state index in [9.17, 15) is 4.79 Å². The number of rotatable bonds is 3. The molecule has 0 saturated heterocycles. The largest absolute Gasteiger partial charge is 0.480 e. The lowest BCUT2D eigenvalue weighted by Crippen LogP contribution is -2.45. The molecule has 1 aliphatic carbocycles. The predicted molar refractivity (Wildman–Crippen MR) is 108 cm³/mol. The van der Waals surface area contributed by atoms with Crippen molar-refractivity contribution in [1.29, 1.82) is 0 Å². The van der Waals surface area contributed by atoms with Crippen LogP contribution in [-0.4, -0.2) is 49.5 Å². The van der Waals surface area contributed by atoms with E-state index in [0.717, 1.165) is 41.1 Å². The molecule has 0 spiro atoms. The second-order valence-electron chi connectivity index (χ2n) is 8.98. The quantitative estimate of drug-likeness (QED) is 0.786. The highest BCUT2D eigenvalue weighted by atomic mass is 16.6. The highest BCUT2D eigenvalue weighted by Crippen LogP contribution is 2.46. The van der Waals surface area contributed by atoms with E-state index in [1.807, 2.05) is 39.4 Å². The standard InChI is InChI=1S/C21H29N5O3/c1-12-9-15-14(10-26(12)20(27)29-21(2,3)4)18(24-25(15)5)16-17(13-7-8-13)22-11-23-19(16)28-6/h11-13H,7-10H2,1-6H3. The summed E-state index contributed by atoms with van der Waals surface area (Å²) in [6, 6.07) is 0.0254. The molecule has 1 amide bonds. The van der Waals surface area contributed by atoms with E-state index in [0.29, 0.717) is 24.8 Å². The third-order valence-electron chi connectivity index (χ3n) is 5.49. The van der Waals surface area contributed by atoms with Crippen LogP contribution in [0.1, 0.15) is 63.4 Å². The maximum absolute atomic E-state index is 12.8. The lowest BCUT2D eigenvalue weighted by Gasteiger charge is -2.35. The molecule has 1 saturated carbocycles. The molecule has 0 radical (unpaired) electrons. The predicted octanol–water partition coefficient (Wildman–Crippen LogP) is 3.44. The minimum Gasteiger partial charge on any atom is -0.480 e. The molecule has 0 aromatic carbocycles. The van der Waals surface area contributed by atoms with Crippen LogP contribution in [0.25, 0.3) is 11.3 Å². The first-order chi connectivity index (χ1) is 13.7. The van der Waals surface area contributed by atoms with Crippen LogP contribution in [-0.2, 0) is 24.8 Å². The third-order valence-corrected chi connectivity index (χ3v) is 5.49. The Labute approximate surface area is 171 Å². The second kappa shape index (κ2) is 7.00. The van der Waals surface area contributed by atoms with E-state index >= 15 is 0 Å². The van der Waals surface area contributed by atoms with E-state index in [1.54, 1.807) is 18.3 Å². The van der Waals surface area contributed by atoms with Crippen molar-refractivity contribution in [3.05, 3.63) is 23.3 Å². The van der Waals surface area contributed by atoms with Gasteiger partial charge in [0.2, 0.25) is 5.88 Å². The molecule has 2 aromatic rings. The minimum atomic E-state index is -0.537. The summed E-state index contributed by atoms with van der Waals surface area (Å²) in [5.74, 6) is 0.953. The molecule has 1 fully saturated rings. The summed E-state index contributed by atoms with van der Waals surface area (Å²) < 4.78 is 13.1. The maximum atomic E-state index is 12.8. The molecular formula is C21H29N5O3. The Morgan fingerprint density at radius 2 is 1.97 bits per heavy atom. The molecule has 4 rings (SSSR count). The number of fused-ring (bicyclic) bond motifs is 1. The van der Waals surface area contributed by atoms with E-state index in [1.165, 1.54) is 0 Å². The van der Waals surface area contributed by atoms with Crippen molar-refractivity contribution in [2.45, 2.75) is 71.1 Å². The molecule has 2 aromatic heterocycles. The SMILES string of the molecule is COc1ncnc(C2CC2)c1-c1nn(C)c2c1CN(C(=O)OC(C)(C)C)C(C)C2. The molecule has 8 nitrogen and oxygen atoms in total. The maximum Gasteiger partial charge on any atom is 0.410 e. The van der Waals surface area contributed by atoms with Crippen LogP contribution in [0.3, 0.4) is 0 Å². The van der Waals surface area contributed by atoms with Crippen molar-refractivity contribution < 1.29 is 14.3 Å². The first-order valence-electron chi connectivity index (χ1n) is 10.1. The van der Waals surface area contributed by atoms with Gasteiger partial charge >= 0.3 is 6.09 Å². The summed E-state index contributed by atoms with van der Waals surface area (Å²) in [7, 11) is 3.57. The van der Waals surface area contributed by atoms with Crippen molar-refractivity contribution in [2.75, 3.05) is 7.11 Å². The van der Waals surface area contributed by atoms with Crippen LogP contribution < -0.4 is 4.74 Å². The van der Waals surface area contributed by atoms with Gasteiger partial charge in [-0.2, -0.15) is 5.10 Å². The monoisotopic (exact) mass is 399 g/mol. The number of ether oxygens (including phenoxy) is 2.